The molecule has 1 aromatic carbocycles. The number of rotatable bonds is 5. The molecule has 1 saturated carbocycles. The lowest BCUT2D eigenvalue weighted by Crippen LogP contribution is -2.32. The van der Waals surface area contributed by atoms with E-state index in [1.165, 1.54) is 17.6 Å². The first-order valence-corrected chi connectivity index (χ1v) is 10.3. The third kappa shape index (κ3) is 3.84. The van der Waals surface area contributed by atoms with E-state index in [2.05, 4.69) is 20.3 Å². The molecule has 0 radical (unpaired) electrons. The number of thiazole rings is 1. The molecule has 1 atom stereocenters. The van der Waals surface area contributed by atoms with Gasteiger partial charge in [0.2, 0.25) is 5.89 Å². The van der Waals surface area contributed by atoms with Crippen LogP contribution < -0.4 is 10.1 Å². The first-order valence-electron chi connectivity index (χ1n) is 9.48. The van der Waals surface area contributed by atoms with E-state index in [1.54, 1.807) is 24.5 Å². The largest absolute Gasteiger partial charge is 0.457 e. The van der Waals surface area contributed by atoms with Gasteiger partial charge in [-0.3, -0.25) is 9.78 Å². The zero-order chi connectivity index (χ0) is 19.6. The molecule has 1 aliphatic carbocycles. The summed E-state index contributed by atoms with van der Waals surface area (Å²) in [7, 11) is 0. The molecule has 3 aromatic heterocycles. The molecule has 0 saturated heterocycles. The molecule has 0 aliphatic heterocycles. The Bertz CT molecular complexity index is 1160. The maximum Gasteiger partial charge on any atom is 0.245 e. The number of hydrogen-bond acceptors (Lipinski definition) is 8. The van der Waals surface area contributed by atoms with Gasteiger partial charge in [-0.1, -0.05) is 17.8 Å². The maximum absolute atomic E-state index is 12.1. The first kappa shape index (κ1) is 17.8. The number of ketones is 1. The van der Waals surface area contributed by atoms with Crippen LogP contribution in [0.25, 0.3) is 21.8 Å². The lowest BCUT2D eigenvalue weighted by Gasteiger charge is -2.20. The number of aromatic nitrogens is 3. The number of ether oxygens (including phenoxy) is 1. The SMILES string of the molecule is O=C1CCCC[C@H]1Nc1nc2ccc(Oc3ccnc(-c4ncco4)c3)cc2s1. The van der Waals surface area contributed by atoms with Crippen molar-refractivity contribution in [2.24, 2.45) is 0 Å². The molecular formula is C21H18N4O3S. The third-order valence-electron chi connectivity index (χ3n) is 4.83. The summed E-state index contributed by atoms with van der Waals surface area (Å²) >= 11 is 1.53. The van der Waals surface area contributed by atoms with Crippen molar-refractivity contribution in [2.45, 2.75) is 31.7 Å². The second kappa shape index (κ2) is 7.63. The minimum atomic E-state index is -0.120. The Balaban J connectivity index is 1.35. The lowest BCUT2D eigenvalue weighted by atomic mass is 9.94. The molecule has 0 amide bonds. The Morgan fingerprint density at radius 1 is 1.10 bits per heavy atom. The smallest absolute Gasteiger partial charge is 0.245 e. The standard InChI is InChI=1S/C21H18N4O3S/c26-18-4-2-1-3-15(18)24-21-25-16-6-5-13(12-19(16)29-21)28-14-7-8-22-17(11-14)20-23-9-10-27-20/h5-12,15H,1-4H2,(H,24,25)/t15-/m1/s1. The van der Waals surface area contributed by atoms with Crippen LogP contribution in [0.4, 0.5) is 5.13 Å². The number of anilines is 1. The van der Waals surface area contributed by atoms with Crippen molar-refractivity contribution in [3.05, 3.63) is 49.0 Å². The number of fused-ring (bicyclic) bond motifs is 1. The minimum Gasteiger partial charge on any atom is -0.457 e. The molecule has 4 aromatic rings. The van der Waals surface area contributed by atoms with Crippen molar-refractivity contribution < 1.29 is 13.9 Å². The van der Waals surface area contributed by atoms with Gasteiger partial charge in [-0.2, -0.15) is 0 Å². The predicted octanol–water partition coefficient (Wildman–Crippen LogP) is 5.06. The molecule has 1 N–H and O–H groups in total. The van der Waals surface area contributed by atoms with E-state index in [0.717, 1.165) is 34.6 Å². The topological polar surface area (TPSA) is 90.1 Å². The molecule has 5 rings (SSSR count). The van der Waals surface area contributed by atoms with Gasteiger partial charge in [0.05, 0.1) is 22.5 Å². The van der Waals surface area contributed by atoms with E-state index >= 15 is 0 Å². The van der Waals surface area contributed by atoms with Crippen molar-refractivity contribution in [2.75, 3.05) is 5.32 Å². The van der Waals surface area contributed by atoms with Crippen LogP contribution in [0.15, 0.2) is 53.4 Å². The van der Waals surface area contributed by atoms with Gasteiger partial charge in [0.1, 0.15) is 23.5 Å². The quantitative estimate of drug-likeness (QED) is 0.495. The molecule has 8 heteroatoms. The van der Waals surface area contributed by atoms with E-state index in [4.69, 9.17) is 9.15 Å². The van der Waals surface area contributed by atoms with E-state index in [9.17, 15) is 4.79 Å². The van der Waals surface area contributed by atoms with Crippen LogP contribution in [0.1, 0.15) is 25.7 Å². The van der Waals surface area contributed by atoms with Crippen molar-refractivity contribution >= 4 is 32.5 Å². The second-order valence-electron chi connectivity index (χ2n) is 6.87. The molecule has 3 heterocycles. The number of benzene rings is 1. The predicted molar refractivity (Wildman–Crippen MR) is 110 cm³/mol. The average molecular weight is 406 g/mol. The summed E-state index contributed by atoms with van der Waals surface area (Å²) in [4.78, 5) is 25.0. The monoisotopic (exact) mass is 406 g/mol. The number of carbonyl (C=O) groups excluding carboxylic acids is 1. The van der Waals surface area contributed by atoms with Gasteiger partial charge < -0.3 is 14.5 Å². The first-order chi connectivity index (χ1) is 14.2. The number of pyridine rings is 1. The highest BCUT2D eigenvalue weighted by molar-refractivity contribution is 7.22. The number of carbonyl (C=O) groups is 1. The van der Waals surface area contributed by atoms with Crippen molar-refractivity contribution in [1.82, 2.24) is 15.0 Å². The molecule has 1 fully saturated rings. The lowest BCUT2D eigenvalue weighted by molar-refractivity contribution is -0.121. The molecule has 0 bridgehead atoms. The Morgan fingerprint density at radius 2 is 2.03 bits per heavy atom. The highest BCUT2D eigenvalue weighted by atomic mass is 32.1. The van der Waals surface area contributed by atoms with Gasteiger partial charge in [-0.15, -0.1) is 0 Å². The van der Waals surface area contributed by atoms with Gasteiger partial charge in [0, 0.05) is 24.8 Å². The molecular weight excluding hydrogens is 388 g/mol. The Kier molecular flexibility index (Phi) is 4.69. The number of nitrogens with zero attached hydrogens (tertiary/aromatic N) is 3. The summed E-state index contributed by atoms with van der Waals surface area (Å²) in [6.45, 7) is 0. The molecule has 7 nitrogen and oxygen atoms in total. The van der Waals surface area contributed by atoms with Gasteiger partial charge in [0.25, 0.3) is 0 Å². The Labute approximate surface area is 170 Å². The van der Waals surface area contributed by atoms with E-state index in [1.807, 2.05) is 18.2 Å². The minimum absolute atomic E-state index is 0.120. The van der Waals surface area contributed by atoms with Crippen LogP contribution in [0.2, 0.25) is 0 Å². The summed E-state index contributed by atoms with van der Waals surface area (Å²) in [6.07, 6.45) is 8.34. The summed E-state index contributed by atoms with van der Waals surface area (Å²) in [6, 6.07) is 9.20. The fourth-order valence-electron chi connectivity index (χ4n) is 3.39. The van der Waals surface area contributed by atoms with Crippen molar-refractivity contribution in [1.29, 1.82) is 0 Å². The third-order valence-corrected chi connectivity index (χ3v) is 5.78. The van der Waals surface area contributed by atoms with Crippen LogP contribution in [0.3, 0.4) is 0 Å². The second-order valence-corrected chi connectivity index (χ2v) is 7.90. The highest BCUT2D eigenvalue weighted by Gasteiger charge is 2.23. The Hall–Kier alpha value is -3.26. The van der Waals surface area contributed by atoms with Crippen LogP contribution in [-0.2, 0) is 4.79 Å². The van der Waals surface area contributed by atoms with E-state index < -0.39 is 0 Å². The summed E-state index contributed by atoms with van der Waals surface area (Å²) in [5.74, 6) is 2.06. The van der Waals surface area contributed by atoms with E-state index in [0.29, 0.717) is 29.5 Å². The molecule has 0 unspecified atom stereocenters. The fourth-order valence-corrected chi connectivity index (χ4v) is 4.34. The van der Waals surface area contributed by atoms with Crippen LogP contribution >= 0.6 is 11.3 Å². The zero-order valence-corrected chi connectivity index (χ0v) is 16.3. The van der Waals surface area contributed by atoms with Crippen molar-refractivity contribution in [3.8, 4) is 23.1 Å². The van der Waals surface area contributed by atoms with Crippen LogP contribution in [-0.4, -0.2) is 26.8 Å². The molecule has 29 heavy (non-hydrogen) atoms. The number of hydrogen-bond donors (Lipinski definition) is 1. The normalized spacial score (nSPS) is 16.8. The van der Waals surface area contributed by atoms with Gasteiger partial charge in [-0.05, 0) is 31.0 Å². The van der Waals surface area contributed by atoms with Gasteiger partial charge in [0.15, 0.2) is 10.9 Å². The maximum atomic E-state index is 12.1. The highest BCUT2D eigenvalue weighted by Crippen LogP contribution is 2.33. The molecule has 1 aliphatic rings. The van der Waals surface area contributed by atoms with Gasteiger partial charge in [-0.25, -0.2) is 9.97 Å². The summed E-state index contributed by atoms with van der Waals surface area (Å²) in [5.41, 5.74) is 1.48. The number of nitrogens with one attached hydrogen (secondary N) is 1. The van der Waals surface area contributed by atoms with E-state index in [-0.39, 0.29) is 11.8 Å². The summed E-state index contributed by atoms with van der Waals surface area (Å²) < 4.78 is 12.3. The average Bonchev–Trinajstić information content (AvgIpc) is 3.39. The van der Waals surface area contributed by atoms with Crippen molar-refractivity contribution in [3.63, 3.8) is 0 Å². The van der Waals surface area contributed by atoms with Gasteiger partial charge >= 0.3 is 0 Å². The zero-order valence-electron chi connectivity index (χ0n) is 15.5. The van der Waals surface area contributed by atoms with Crippen LogP contribution in [0.5, 0.6) is 11.5 Å². The van der Waals surface area contributed by atoms with Crippen LogP contribution in [0, 0.1) is 0 Å². The fraction of sp³-hybridized carbons (Fsp3) is 0.238. The number of Topliss-reactive ketones (excluding diaryl/α,β-unsaturated/α-hetero) is 1. The molecule has 0 spiro atoms. The summed E-state index contributed by atoms with van der Waals surface area (Å²) in [5, 5.41) is 4.07. The Morgan fingerprint density at radius 3 is 2.90 bits per heavy atom. The number of oxazole rings is 1. The molecule has 146 valence electrons.